The molecule has 1 saturated heterocycles. The molecule has 3 heterocycles. The molecule has 30 heavy (non-hydrogen) atoms. The highest BCUT2D eigenvalue weighted by Crippen LogP contribution is 2.42. The summed E-state index contributed by atoms with van der Waals surface area (Å²) >= 11 is 7.50. The van der Waals surface area contributed by atoms with Crippen LogP contribution in [0.2, 0.25) is 5.02 Å². The summed E-state index contributed by atoms with van der Waals surface area (Å²) in [7, 11) is 1.46. The number of carbonyl (C=O) groups excluding carboxylic acids is 2. The molecule has 1 fully saturated rings. The van der Waals surface area contributed by atoms with E-state index in [-0.39, 0.29) is 17.9 Å². The summed E-state index contributed by atoms with van der Waals surface area (Å²) in [6.45, 7) is 0.219. The van der Waals surface area contributed by atoms with Crippen molar-refractivity contribution in [3.05, 3.63) is 86.8 Å². The Kier molecular flexibility index (Phi) is 5.57. The van der Waals surface area contributed by atoms with Crippen molar-refractivity contribution in [3.63, 3.8) is 0 Å². The van der Waals surface area contributed by atoms with Gasteiger partial charge in [-0.2, -0.15) is 0 Å². The largest absolute Gasteiger partial charge is 0.507 e. The number of halogens is 1. The van der Waals surface area contributed by atoms with Gasteiger partial charge in [-0.15, -0.1) is 11.3 Å². The first-order chi connectivity index (χ1) is 14.5. The number of aliphatic hydroxyl groups excluding tert-OH is 1. The van der Waals surface area contributed by atoms with E-state index < -0.39 is 17.7 Å². The lowest BCUT2D eigenvalue weighted by atomic mass is 9.99. The third kappa shape index (κ3) is 3.58. The Bertz CT molecular complexity index is 1130. The standard InChI is InChI=1S/C22H17ClN2O4S/c1-29-16-11-14(4-5-15(16)23)20(26)18-19(17-3-2-10-30-17)25(22(28)21(18)27)12-13-6-8-24-9-7-13/h2-11,19,26H,12H2,1H3/b20-18-. The van der Waals surface area contributed by atoms with Gasteiger partial charge in [0.1, 0.15) is 11.5 Å². The van der Waals surface area contributed by atoms with Crippen LogP contribution in [-0.2, 0) is 16.1 Å². The van der Waals surface area contributed by atoms with Crippen LogP contribution in [0.4, 0.5) is 0 Å². The zero-order chi connectivity index (χ0) is 21.3. The van der Waals surface area contributed by atoms with Gasteiger partial charge >= 0.3 is 0 Å². The summed E-state index contributed by atoms with van der Waals surface area (Å²) in [6.07, 6.45) is 3.26. The maximum Gasteiger partial charge on any atom is 0.295 e. The highest BCUT2D eigenvalue weighted by Gasteiger charge is 2.46. The van der Waals surface area contributed by atoms with Gasteiger partial charge in [0.25, 0.3) is 11.7 Å². The second-order valence-corrected chi connectivity index (χ2v) is 8.03. The van der Waals surface area contributed by atoms with Crippen LogP contribution in [0.3, 0.4) is 0 Å². The van der Waals surface area contributed by atoms with E-state index >= 15 is 0 Å². The van der Waals surface area contributed by atoms with Gasteiger partial charge in [-0.05, 0) is 47.3 Å². The van der Waals surface area contributed by atoms with Crippen LogP contribution >= 0.6 is 22.9 Å². The average Bonchev–Trinajstić information content (AvgIpc) is 3.37. The van der Waals surface area contributed by atoms with Crippen LogP contribution < -0.4 is 4.74 Å². The molecule has 6 nitrogen and oxygen atoms in total. The minimum atomic E-state index is -0.728. The Labute approximate surface area is 182 Å². The van der Waals surface area contributed by atoms with Crippen molar-refractivity contribution in [1.82, 2.24) is 9.88 Å². The molecule has 4 rings (SSSR count). The van der Waals surface area contributed by atoms with Gasteiger partial charge < -0.3 is 14.7 Å². The van der Waals surface area contributed by atoms with E-state index in [1.165, 1.54) is 23.3 Å². The third-order valence-electron chi connectivity index (χ3n) is 4.88. The van der Waals surface area contributed by atoms with Crippen LogP contribution in [0.1, 0.15) is 22.0 Å². The Morgan fingerprint density at radius 3 is 2.67 bits per heavy atom. The molecule has 1 aliphatic heterocycles. The van der Waals surface area contributed by atoms with Gasteiger partial charge in [-0.3, -0.25) is 14.6 Å². The molecule has 1 N–H and O–H groups in total. The number of hydrogen-bond donors (Lipinski definition) is 1. The summed E-state index contributed by atoms with van der Waals surface area (Å²) in [5, 5.41) is 13.3. The minimum absolute atomic E-state index is 0.0425. The molecule has 1 aliphatic rings. The van der Waals surface area contributed by atoms with Gasteiger partial charge in [-0.1, -0.05) is 17.7 Å². The number of likely N-dealkylation sites (tertiary alicyclic amines) is 1. The van der Waals surface area contributed by atoms with Crippen molar-refractivity contribution in [2.75, 3.05) is 7.11 Å². The number of nitrogens with zero attached hydrogens (tertiary/aromatic N) is 2. The highest BCUT2D eigenvalue weighted by molar-refractivity contribution is 7.10. The summed E-state index contributed by atoms with van der Waals surface area (Å²) in [6, 6.07) is 11.3. The maximum atomic E-state index is 13.0. The van der Waals surface area contributed by atoms with Crippen molar-refractivity contribution in [3.8, 4) is 5.75 Å². The fourth-order valence-electron chi connectivity index (χ4n) is 3.43. The molecule has 152 valence electrons. The lowest BCUT2D eigenvalue weighted by molar-refractivity contribution is -0.140. The highest BCUT2D eigenvalue weighted by atomic mass is 35.5. The number of aliphatic hydroxyl groups is 1. The van der Waals surface area contributed by atoms with Crippen LogP contribution in [0.25, 0.3) is 5.76 Å². The second kappa shape index (κ2) is 8.30. The first-order valence-electron chi connectivity index (χ1n) is 9.06. The average molecular weight is 441 g/mol. The molecule has 1 atom stereocenters. The number of pyridine rings is 1. The molecule has 1 aromatic carbocycles. The summed E-state index contributed by atoms with van der Waals surface area (Å²) in [4.78, 5) is 32.1. The summed E-state index contributed by atoms with van der Waals surface area (Å²) in [5.41, 5.74) is 1.22. The third-order valence-corrected chi connectivity index (χ3v) is 6.12. The minimum Gasteiger partial charge on any atom is -0.507 e. The van der Waals surface area contributed by atoms with Crippen molar-refractivity contribution in [2.45, 2.75) is 12.6 Å². The quantitative estimate of drug-likeness (QED) is 0.360. The molecular formula is C22H17ClN2O4S. The number of Topliss-reactive ketones (excluding diaryl/α,β-unsaturated/α-hetero) is 1. The number of amides is 1. The van der Waals surface area contributed by atoms with Crippen LogP contribution in [0.15, 0.2) is 65.8 Å². The Balaban J connectivity index is 1.84. The fourth-order valence-corrected chi connectivity index (χ4v) is 4.47. The van der Waals surface area contributed by atoms with Gasteiger partial charge in [0.2, 0.25) is 0 Å². The number of rotatable bonds is 5. The zero-order valence-electron chi connectivity index (χ0n) is 15.9. The van der Waals surface area contributed by atoms with E-state index in [1.807, 2.05) is 17.5 Å². The predicted molar refractivity (Wildman–Crippen MR) is 114 cm³/mol. The topological polar surface area (TPSA) is 79.7 Å². The Morgan fingerprint density at radius 1 is 1.23 bits per heavy atom. The molecule has 0 bridgehead atoms. The molecular weight excluding hydrogens is 424 g/mol. The number of aromatic nitrogens is 1. The molecule has 2 aromatic heterocycles. The van der Waals surface area contributed by atoms with Crippen molar-refractivity contribution in [1.29, 1.82) is 0 Å². The van der Waals surface area contributed by atoms with E-state index in [0.717, 1.165) is 10.4 Å². The number of thiophene rings is 1. The normalized spacial score (nSPS) is 18.1. The lowest BCUT2D eigenvalue weighted by Gasteiger charge is -2.24. The van der Waals surface area contributed by atoms with Crippen molar-refractivity contribution in [2.24, 2.45) is 0 Å². The molecule has 0 radical (unpaired) electrons. The van der Waals surface area contributed by atoms with E-state index in [2.05, 4.69) is 4.98 Å². The van der Waals surface area contributed by atoms with Gasteiger partial charge in [-0.25, -0.2) is 0 Å². The Hall–Kier alpha value is -3.16. The number of ether oxygens (including phenoxy) is 1. The molecule has 1 unspecified atom stereocenters. The molecule has 0 saturated carbocycles. The van der Waals surface area contributed by atoms with Gasteiger partial charge in [0.15, 0.2) is 0 Å². The lowest BCUT2D eigenvalue weighted by Crippen LogP contribution is -2.28. The van der Waals surface area contributed by atoms with E-state index in [1.54, 1.807) is 42.7 Å². The second-order valence-electron chi connectivity index (χ2n) is 6.65. The van der Waals surface area contributed by atoms with Gasteiger partial charge in [0.05, 0.1) is 23.7 Å². The van der Waals surface area contributed by atoms with Crippen molar-refractivity contribution >= 4 is 40.4 Å². The monoisotopic (exact) mass is 440 g/mol. The molecule has 0 aliphatic carbocycles. The smallest absolute Gasteiger partial charge is 0.295 e. The van der Waals surface area contributed by atoms with E-state index in [9.17, 15) is 14.7 Å². The molecule has 3 aromatic rings. The molecule has 0 spiro atoms. The number of methoxy groups -OCH3 is 1. The van der Waals surface area contributed by atoms with Gasteiger partial charge in [0, 0.05) is 29.4 Å². The number of benzene rings is 1. The van der Waals surface area contributed by atoms with E-state index in [0.29, 0.717) is 16.3 Å². The van der Waals surface area contributed by atoms with Crippen LogP contribution in [0, 0.1) is 0 Å². The fraction of sp³-hybridized carbons (Fsp3) is 0.136. The van der Waals surface area contributed by atoms with Crippen LogP contribution in [0.5, 0.6) is 5.75 Å². The number of ketones is 1. The summed E-state index contributed by atoms with van der Waals surface area (Å²) in [5.74, 6) is -1.29. The number of carbonyl (C=O) groups is 2. The number of hydrogen-bond acceptors (Lipinski definition) is 6. The summed E-state index contributed by atoms with van der Waals surface area (Å²) < 4.78 is 5.21. The zero-order valence-corrected chi connectivity index (χ0v) is 17.5. The first kappa shape index (κ1) is 20.1. The SMILES string of the molecule is COc1cc(/C(O)=C2/C(=O)C(=O)N(Cc3ccncc3)C2c2cccs2)ccc1Cl. The first-order valence-corrected chi connectivity index (χ1v) is 10.3. The molecule has 1 amide bonds. The van der Waals surface area contributed by atoms with E-state index in [4.69, 9.17) is 16.3 Å². The van der Waals surface area contributed by atoms with Crippen LogP contribution in [-0.4, -0.2) is 33.8 Å². The van der Waals surface area contributed by atoms with Crippen molar-refractivity contribution < 1.29 is 19.4 Å². The predicted octanol–water partition coefficient (Wildman–Crippen LogP) is 4.43. The maximum absolute atomic E-state index is 13.0. The molecule has 8 heteroatoms. The Morgan fingerprint density at radius 2 is 2.00 bits per heavy atom.